The SMILES string of the molecule is Cc1ccc(C2=C[N]N=C2C(F)(F)F)cc1. The van der Waals surface area contributed by atoms with Crippen molar-refractivity contribution in [2.45, 2.75) is 13.1 Å². The first kappa shape index (κ1) is 10.7. The topological polar surface area (TPSA) is 26.5 Å². The Balaban J connectivity index is 2.36. The van der Waals surface area contributed by atoms with Crippen LogP contribution in [-0.4, -0.2) is 11.9 Å². The van der Waals surface area contributed by atoms with E-state index >= 15 is 0 Å². The Morgan fingerprint density at radius 1 is 1.06 bits per heavy atom. The number of benzene rings is 1. The summed E-state index contributed by atoms with van der Waals surface area (Å²) in [5, 5.41) is 3.11. The third kappa shape index (κ3) is 1.93. The minimum atomic E-state index is -4.46. The molecule has 1 aliphatic rings. The van der Waals surface area contributed by atoms with Gasteiger partial charge in [0.25, 0.3) is 0 Å². The zero-order valence-electron chi connectivity index (χ0n) is 8.42. The van der Waals surface area contributed by atoms with Gasteiger partial charge in [0, 0.05) is 5.57 Å². The van der Waals surface area contributed by atoms with Gasteiger partial charge < -0.3 is 0 Å². The van der Waals surface area contributed by atoms with E-state index in [0.717, 1.165) is 11.8 Å². The first-order chi connectivity index (χ1) is 7.48. The van der Waals surface area contributed by atoms with Crippen LogP contribution in [-0.2, 0) is 0 Å². The Kier molecular flexibility index (Phi) is 2.46. The number of alkyl halides is 3. The van der Waals surface area contributed by atoms with Gasteiger partial charge in [-0.15, -0.1) is 5.10 Å². The van der Waals surface area contributed by atoms with Gasteiger partial charge in [0.15, 0.2) is 5.71 Å². The number of aryl methyl sites for hydroxylation is 1. The standard InChI is InChI=1S/C11H8F3N2/c1-7-2-4-8(5-3-7)9-6-15-16-10(9)11(12,13)14/h2-6H,1H3. The molecule has 0 spiro atoms. The van der Waals surface area contributed by atoms with Gasteiger partial charge in [0.2, 0.25) is 0 Å². The van der Waals surface area contributed by atoms with Crippen LogP contribution < -0.4 is 5.43 Å². The van der Waals surface area contributed by atoms with Crippen molar-refractivity contribution >= 4 is 11.3 Å². The van der Waals surface area contributed by atoms with Crippen molar-refractivity contribution in [3.63, 3.8) is 0 Å². The first-order valence-corrected chi connectivity index (χ1v) is 4.61. The smallest absolute Gasteiger partial charge is 0.164 e. The van der Waals surface area contributed by atoms with Gasteiger partial charge in [-0.3, -0.25) is 0 Å². The summed E-state index contributed by atoms with van der Waals surface area (Å²) >= 11 is 0. The van der Waals surface area contributed by atoms with Gasteiger partial charge in [-0.25, -0.2) is 0 Å². The van der Waals surface area contributed by atoms with E-state index in [9.17, 15) is 13.2 Å². The molecule has 0 fully saturated rings. The zero-order chi connectivity index (χ0) is 11.8. The predicted molar refractivity (Wildman–Crippen MR) is 54.8 cm³/mol. The van der Waals surface area contributed by atoms with E-state index in [4.69, 9.17) is 0 Å². The van der Waals surface area contributed by atoms with Crippen LogP contribution in [0, 0.1) is 6.92 Å². The van der Waals surface area contributed by atoms with E-state index in [-0.39, 0.29) is 5.57 Å². The van der Waals surface area contributed by atoms with Crippen LogP contribution in [0.15, 0.2) is 35.6 Å². The molecule has 0 unspecified atom stereocenters. The van der Waals surface area contributed by atoms with Gasteiger partial charge in [0.1, 0.15) is 0 Å². The highest BCUT2D eigenvalue weighted by molar-refractivity contribution is 6.27. The summed E-state index contributed by atoms with van der Waals surface area (Å²) in [4.78, 5) is 0. The lowest BCUT2D eigenvalue weighted by Gasteiger charge is -2.09. The maximum absolute atomic E-state index is 12.5. The molecule has 0 saturated carbocycles. The van der Waals surface area contributed by atoms with Crippen molar-refractivity contribution in [3.05, 3.63) is 41.6 Å². The molecule has 5 heteroatoms. The molecular formula is C11H8F3N2. The summed E-state index contributed by atoms with van der Waals surface area (Å²) in [6.07, 6.45) is -3.33. The first-order valence-electron chi connectivity index (χ1n) is 4.61. The average Bonchev–Trinajstić information content (AvgIpc) is 2.66. The van der Waals surface area contributed by atoms with Gasteiger partial charge in [-0.2, -0.15) is 18.6 Å². The molecule has 1 heterocycles. The Labute approximate surface area is 90.5 Å². The van der Waals surface area contributed by atoms with Crippen LogP contribution in [0.2, 0.25) is 0 Å². The van der Waals surface area contributed by atoms with Crippen LogP contribution in [0.5, 0.6) is 0 Å². The number of halogens is 3. The highest BCUT2D eigenvalue weighted by Gasteiger charge is 2.40. The number of rotatable bonds is 1. The molecule has 2 nitrogen and oxygen atoms in total. The van der Waals surface area contributed by atoms with Crippen molar-refractivity contribution in [2.24, 2.45) is 5.10 Å². The molecule has 0 aliphatic carbocycles. The zero-order valence-corrected chi connectivity index (χ0v) is 8.42. The number of nitrogens with zero attached hydrogens (tertiary/aromatic N) is 2. The molecule has 1 aromatic carbocycles. The lowest BCUT2D eigenvalue weighted by molar-refractivity contribution is -0.0572. The summed E-state index contributed by atoms with van der Waals surface area (Å²) in [5.74, 6) is 0. The maximum Gasteiger partial charge on any atom is 0.435 e. The third-order valence-corrected chi connectivity index (χ3v) is 2.23. The van der Waals surface area contributed by atoms with E-state index in [1.165, 1.54) is 0 Å². The maximum atomic E-state index is 12.5. The molecule has 0 aromatic heterocycles. The van der Waals surface area contributed by atoms with Crippen LogP contribution in [0.3, 0.4) is 0 Å². The molecule has 0 amide bonds. The Morgan fingerprint density at radius 2 is 1.69 bits per heavy atom. The second-order valence-corrected chi connectivity index (χ2v) is 3.47. The fourth-order valence-electron chi connectivity index (χ4n) is 1.41. The van der Waals surface area contributed by atoms with Gasteiger partial charge in [-0.05, 0) is 12.5 Å². The molecule has 0 saturated heterocycles. The van der Waals surface area contributed by atoms with E-state index in [0.29, 0.717) is 5.56 Å². The Bertz CT molecular complexity index is 455. The van der Waals surface area contributed by atoms with Gasteiger partial charge >= 0.3 is 6.18 Å². The lowest BCUT2D eigenvalue weighted by atomic mass is 10.0. The van der Waals surface area contributed by atoms with Gasteiger partial charge in [0.05, 0.1) is 6.20 Å². The molecular weight excluding hydrogens is 217 g/mol. The van der Waals surface area contributed by atoms with Crippen LogP contribution in [0.25, 0.3) is 5.57 Å². The van der Waals surface area contributed by atoms with Crippen molar-refractivity contribution in [1.82, 2.24) is 5.43 Å². The Hall–Kier alpha value is -1.78. The van der Waals surface area contributed by atoms with E-state index < -0.39 is 11.9 Å². The van der Waals surface area contributed by atoms with Crippen molar-refractivity contribution in [1.29, 1.82) is 0 Å². The molecule has 0 atom stereocenters. The summed E-state index contributed by atoms with van der Waals surface area (Å²) in [6, 6.07) is 6.76. The lowest BCUT2D eigenvalue weighted by Crippen LogP contribution is -2.22. The molecule has 83 valence electrons. The van der Waals surface area contributed by atoms with Crippen molar-refractivity contribution in [3.8, 4) is 0 Å². The second-order valence-electron chi connectivity index (χ2n) is 3.47. The third-order valence-electron chi connectivity index (χ3n) is 2.23. The average molecular weight is 225 g/mol. The van der Waals surface area contributed by atoms with Crippen molar-refractivity contribution < 1.29 is 13.2 Å². The molecule has 0 bridgehead atoms. The molecule has 1 aromatic rings. The molecule has 2 rings (SSSR count). The quantitative estimate of drug-likeness (QED) is 0.702. The number of allylic oxidation sites excluding steroid dienone is 1. The monoisotopic (exact) mass is 225 g/mol. The second kappa shape index (κ2) is 3.66. The summed E-state index contributed by atoms with van der Waals surface area (Å²) in [6.45, 7) is 1.87. The minimum Gasteiger partial charge on any atom is -0.164 e. The number of hydrogen-bond donors (Lipinski definition) is 0. The number of hydrogen-bond acceptors (Lipinski definition) is 1. The molecule has 1 aliphatic heterocycles. The molecule has 16 heavy (non-hydrogen) atoms. The van der Waals surface area contributed by atoms with Crippen LogP contribution in [0.4, 0.5) is 13.2 Å². The van der Waals surface area contributed by atoms with E-state index in [1.807, 2.05) is 6.92 Å². The normalized spacial score (nSPS) is 15.5. The van der Waals surface area contributed by atoms with E-state index in [1.54, 1.807) is 24.3 Å². The predicted octanol–water partition coefficient (Wildman–Crippen LogP) is 2.87. The summed E-state index contributed by atoms with van der Waals surface area (Å²) in [7, 11) is 0. The summed E-state index contributed by atoms with van der Waals surface area (Å²) in [5.41, 5.74) is 3.87. The van der Waals surface area contributed by atoms with Crippen molar-refractivity contribution in [2.75, 3.05) is 0 Å². The fourth-order valence-corrected chi connectivity index (χ4v) is 1.41. The molecule has 0 N–H and O–H groups in total. The summed E-state index contributed by atoms with van der Waals surface area (Å²) < 4.78 is 37.6. The highest BCUT2D eigenvalue weighted by Crippen LogP contribution is 2.30. The van der Waals surface area contributed by atoms with Gasteiger partial charge in [-0.1, -0.05) is 29.8 Å². The van der Waals surface area contributed by atoms with Crippen LogP contribution in [0.1, 0.15) is 11.1 Å². The molecule has 1 radical (unpaired) electrons. The fraction of sp³-hybridized carbons (Fsp3) is 0.182. The van der Waals surface area contributed by atoms with Crippen LogP contribution >= 0.6 is 0 Å². The Morgan fingerprint density at radius 3 is 2.25 bits per heavy atom. The largest absolute Gasteiger partial charge is 0.435 e. The minimum absolute atomic E-state index is 0.0208. The highest BCUT2D eigenvalue weighted by atomic mass is 19.4. The van der Waals surface area contributed by atoms with E-state index in [2.05, 4.69) is 10.5 Å².